The minimum Gasteiger partial charge on any atom is -0.320 e. The number of nitrogens with one attached hydrogen (secondary N) is 1. The van der Waals surface area contributed by atoms with Crippen LogP contribution in [0.1, 0.15) is 22.8 Å². The lowest BCUT2D eigenvalue weighted by Crippen LogP contribution is -2.51. The molecule has 1 N–H and O–H groups in total. The highest BCUT2D eigenvalue weighted by Crippen LogP contribution is 2.53. The number of carbonyl (C=O) groups excluding carboxylic acids is 1. The van der Waals surface area contributed by atoms with Crippen molar-refractivity contribution in [3.05, 3.63) is 74.9 Å². The van der Waals surface area contributed by atoms with Gasteiger partial charge in [0.1, 0.15) is 0 Å². The van der Waals surface area contributed by atoms with E-state index in [9.17, 15) is 31.1 Å². The lowest BCUT2D eigenvalue weighted by molar-refractivity contribution is -0.304. The Balaban J connectivity index is 1.91. The van der Waals surface area contributed by atoms with Crippen molar-refractivity contribution in [3.63, 3.8) is 0 Å². The predicted molar refractivity (Wildman–Crippen MR) is 113 cm³/mol. The molecule has 0 spiro atoms. The molecule has 4 nitrogen and oxygen atoms in total. The fourth-order valence-electron chi connectivity index (χ4n) is 2.93. The fraction of sp³-hybridized carbons (Fsp3) is 0.200. The molecule has 1 unspecified atom stereocenters. The zero-order chi connectivity index (χ0) is 23.9. The van der Waals surface area contributed by atoms with Crippen LogP contribution >= 0.6 is 31.9 Å². The first-order valence-electron chi connectivity index (χ1n) is 8.80. The Bertz CT molecular complexity index is 1090. The van der Waals surface area contributed by atoms with E-state index in [2.05, 4.69) is 42.3 Å². The summed E-state index contributed by atoms with van der Waals surface area (Å²) in [4.78, 5) is 12.6. The van der Waals surface area contributed by atoms with E-state index in [1.165, 1.54) is 12.1 Å². The SMILES string of the molecule is CC(F)(F)C(F)(c1cc(Br)c(NC(=O)c2ccc(-n3cccn3)cc2)c(Br)c1)C(F)(F)F. The number of alkyl halides is 6. The molecule has 3 rings (SSSR count). The number of amides is 1. The summed E-state index contributed by atoms with van der Waals surface area (Å²) in [5.74, 6) is -5.39. The van der Waals surface area contributed by atoms with Gasteiger partial charge in [-0.15, -0.1) is 0 Å². The molecule has 12 heteroatoms. The molecule has 0 aliphatic carbocycles. The maximum atomic E-state index is 14.7. The van der Waals surface area contributed by atoms with Crippen molar-refractivity contribution < 1.29 is 31.1 Å². The normalized spacial score (nSPS) is 14.2. The number of anilines is 1. The van der Waals surface area contributed by atoms with Crippen LogP contribution < -0.4 is 5.32 Å². The van der Waals surface area contributed by atoms with E-state index in [-0.39, 0.29) is 27.1 Å². The molecule has 32 heavy (non-hydrogen) atoms. The third-order valence-electron chi connectivity index (χ3n) is 4.57. The molecule has 0 aliphatic rings. The Morgan fingerprint density at radius 1 is 1.00 bits per heavy atom. The summed E-state index contributed by atoms with van der Waals surface area (Å²) in [7, 11) is 0. The fourth-order valence-corrected chi connectivity index (χ4v) is 4.31. The van der Waals surface area contributed by atoms with Crippen LogP contribution in [0.3, 0.4) is 0 Å². The molecule has 0 bridgehead atoms. The summed E-state index contributed by atoms with van der Waals surface area (Å²) in [6, 6.07) is 9.09. The van der Waals surface area contributed by atoms with Crippen molar-refractivity contribution in [2.45, 2.75) is 24.7 Å². The first kappa shape index (κ1) is 24.3. The van der Waals surface area contributed by atoms with Crippen LogP contribution in [0.2, 0.25) is 0 Å². The van der Waals surface area contributed by atoms with E-state index in [4.69, 9.17) is 0 Å². The lowest BCUT2D eigenvalue weighted by atomic mass is 9.89. The molecule has 170 valence electrons. The molecule has 0 saturated carbocycles. The zero-order valence-electron chi connectivity index (χ0n) is 16.0. The number of nitrogens with zero attached hydrogens (tertiary/aromatic N) is 2. The van der Waals surface area contributed by atoms with Gasteiger partial charge in [-0.25, -0.2) is 17.9 Å². The third-order valence-corrected chi connectivity index (χ3v) is 5.82. The van der Waals surface area contributed by atoms with Crippen LogP contribution in [-0.4, -0.2) is 27.8 Å². The highest BCUT2D eigenvalue weighted by atomic mass is 79.9. The Morgan fingerprint density at radius 2 is 1.56 bits per heavy atom. The lowest BCUT2D eigenvalue weighted by Gasteiger charge is -2.33. The number of carbonyl (C=O) groups is 1. The van der Waals surface area contributed by atoms with Crippen LogP contribution in [0.15, 0.2) is 63.8 Å². The van der Waals surface area contributed by atoms with Gasteiger partial charge >= 0.3 is 6.18 Å². The second-order valence-corrected chi connectivity index (χ2v) is 8.52. The first-order chi connectivity index (χ1) is 14.8. The van der Waals surface area contributed by atoms with E-state index >= 15 is 0 Å². The molecule has 2 aromatic carbocycles. The molecular formula is C20H13Br2F6N3O. The van der Waals surface area contributed by atoms with E-state index in [0.717, 1.165) is 0 Å². The molecule has 0 aliphatic heterocycles. The van der Waals surface area contributed by atoms with E-state index in [1.807, 2.05) is 0 Å². The van der Waals surface area contributed by atoms with Gasteiger partial charge in [-0.3, -0.25) is 4.79 Å². The van der Waals surface area contributed by atoms with Gasteiger partial charge in [0.2, 0.25) is 0 Å². The monoisotopic (exact) mass is 583 g/mol. The van der Waals surface area contributed by atoms with Crippen molar-refractivity contribution in [1.29, 1.82) is 0 Å². The number of hydrogen-bond acceptors (Lipinski definition) is 2. The summed E-state index contributed by atoms with van der Waals surface area (Å²) in [6.07, 6.45) is -2.60. The van der Waals surface area contributed by atoms with Crippen molar-refractivity contribution >= 4 is 43.5 Å². The maximum Gasteiger partial charge on any atom is 0.432 e. The van der Waals surface area contributed by atoms with Gasteiger partial charge in [0.15, 0.2) is 0 Å². The predicted octanol–water partition coefficient (Wildman–Crippen LogP) is 7.03. The summed E-state index contributed by atoms with van der Waals surface area (Å²) in [6.45, 7) is -0.148. The van der Waals surface area contributed by atoms with E-state index in [0.29, 0.717) is 17.8 Å². The highest BCUT2D eigenvalue weighted by Gasteiger charge is 2.70. The van der Waals surface area contributed by atoms with Crippen LogP contribution in [0.5, 0.6) is 0 Å². The Hall–Kier alpha value is -2.34. The average Bonchev–Trinajstić information content (AvgIpc) is 3.23. The Labute approximate surface area is 194 Å². The first-order valence-corrected chi connectivity index (χ1v) is 10.4. The van der Waals surface area contributed by atoms with Crippen molar-refractivity contribution in [2.24, 2.45) is 0 Å². The zero-order valence-corrected chi connectivity index (χ0v) is 19.2. The van der Waals surface area contributed by atoms with Gasteiger partial charge in [0, 0.05) is 39.4 Å². The molecule has 1 aromatic heterocycles. The summed E-state index contributed by atoms with van der Waals surface area (Å²) < 4.78 is 82.9. The highest BCUT2D eigenvalue weighted by molar-refractivity contribution is 9.11. The van der Waals surface area contributed by atoms with E-state index < -0.39 is 29.2 Å². The number of rotatable bonds is 5. The van der Waals surface area contributed by atoms with Crippen LogP contribution in [-0.2, 0) is 5.67 Å². The topological polar surface area (TPSA) is 46.9 Å². The Morgan fingerprint density at radius 3 is 2.00 bits per heavy atom. The largest absolute Gasteiger partial charge is 0.432 e. The Kier molecular flexibility index (Phi) is 6.49. The van der Waals surface area contributed by atoms with Crippen molar-refractivity contribution in [2.75, 3.05) is 5.32 Å². The van der Waals surface area contributed by atoms with Gasteiger partial charge in [0.05, 0.1) is 11.4 Å². The van der Waals surface area contributed by atoms with Crippen LogP contribution in [0.4, 0.5) is 32.0 Å². The summed E-state index contributed by atoms with van der Waals surface area (Å²) >= 11 is 5.86. The van der Waals surface area contributed by atoms with E-state index in [1.54, 1.807) is 35.3 Å². The second-order valence-electron chi connectivity index (χ2n) is 6.81. The summed E-state index contributed by atoms with van der Waals surface area (Å²) in [5.41, 5.74) is -5.42. The maximum absolute atomic E-state index is 14.7. The van der Waals surface area contributed by atoms with Gasteiger partial charge in [-0.1, -0.05) is 0 Å². The summed E-state index contributed by atoms with van der Waals surface area (Å²) in [5, 5.41) is 6.51. The molecule has 0 fully saturated rings. The van der Waals surface area contributed by atoms with Crippen molar-refractivity contribution in [1.82, 2.24) is 9.78 Å². The quantitative estimate of drug-likeness (QED) is 0.327. The third kappa shape index (κ3) is 4.42. The van der Waals surface area contributed by atoms with Gasteiger partial charge < -0.3 is 5.32 Å². The molecule has 3 aromatic rings. The molecule has 1 amide bonds. The number of aromatic nitrogens is 2. The average molecular weight is 585 g/mol. The van der Waals surface area contributed by atoms with Crippen LogP contribution in [0.25, 0.3) is 5.69 Å². The minimum atomic E-state index is -5.88. The van der Waals surface area contributed by atoms with Crippen LogP contribution in [0, 0.1) is 0 Å². The standard InChI is InChI=1S/C20H13Br2F6N3O/c1-18(23,24)19(25,20(26,27)28)12-9-14(21)16(15(22)10-12)30-17(32)11-3-5-13(6-4-11)31-8-2-7-29-31/h2-10H,1H3,(H,30,32). The molecule has 1 heterocycles. The molecule has 0 saturated heterocycles. The molecule has 1 atom stereocenters. The minimum absolute atomic E-state index is 0.0566. The van der Waals surface area contributed by atoms with Gasteiger partial charge in [-0.2, -0.15) is 18.3 Å². The number of halogens is 8. The molecule has 0 radical (unpaired) electrons. The molecular weight excluding hydrogens is 572 g/mol. The smallest absolute Gasteiger partial charge is 0.320 e. The second kappa shape index (κ2) is 8.54. The van der Waals surface area contributed by atoms with Crippen molar-refractivity contribution in [3.8, 4) is 5.69 Å². The van der Waals surface area contributed by atoms with Gasteiger partial charge in [-0.05, 0) is 74.3 Å². The van der Waals surface area contributed by atoms with Gasteiger partial charge in [0.25, 0.3) is 17.5 Å². The number of benzene rings is 2. The number of hydrogen-bond donors (Lipinski definition) is 1.